The Morgan fingerprint density at radius 3 is 2.63 bits per heavy atom. The summed E-state index contributed by atoms with van der Waals surface area (Å²) in [4.78, 5) is 21.4. The van der Waals surface area contributed by atoms with Gasteiger partial charge in [-0.25, -0.2) is 9.37 Å². The zero-order valence-electron chi connectivity index (χ0n) is 15.7. The number of amides is 1. The molecule has 6 nitrogen and oxygen atoms in total. The Balaban J connectivity index is 1.47. The number of pyridine rings is 1. The van der Waals surface area contributed by atoms with Crippen molar-refractivity contribution < 1.29 is 27.1 Å². The highest BCUT2D eigenvalue weighted by molar-refractivity contribution is 5.99. The van der Waals surface area contributed by atoms with Crippen LogP contribution in [0.15, 0.2) is 36.7 Å². The molecule has 3 aromatic rings. The molecule has 0 spiro atoms. The number of H-pyrrole nitrogens is 1. The first-order chi connectivity index (χ1) is 14.2. The number of piperidine rings is 1. The minimum Gasteiger partial charge on any atom is -0.406 e. The number of rotatable bonds is 3. The van der Waals surface area contributed by atoms with Crippen molar-refractivity contribution in [1.82, 2.24) is 14.9 Å². The third-order valence-corrected chi connectivity index (χ3v) is 5.26. The van der Waals surface area contributed by atoms with E-state index in [1.54, 1.807) is 17.2 Å². The lowest BCUT2D eigenvalue weighted by Gasteiger charge is -2.33. The van der Waals surface area contributed by atoms with Gasteiger partial charge < -0.3 is 20.4 Å². The number of benzene rings is 1. The highest BCUT2D eigenvalue weighted by Crippen LogP contribution is 2.35. The number of aromatic nitrogens is 2. The summed E-state index contributed by atoms with van der Waals surface area (Å²) in [5.74, 6) is -1.32. The van der Waals surface area contributed by atoms with Crippen LogP contribution in [0.5, 0.6) is 5.75 Å². The van der Waals surface area contributed by atoms with Gasteiger partial charge in [0.25, 0.3) is 5.91 Å². The highest BCUT2D eigenvalue weighted by Gasteiger charge is 2.32. The van der Waals surface area contributed by atoms with Crippen LogP contribution in [0.25, 0.3) is 11.0 Å². The summed E-state index contributed by atoms with van der Waals surface area (Å²) in [6.07, 6.45) is -0.859. The maximum absolute atomic E-state index is 14.4. The number of carbonyl (C=O) groups excluding carboxylic acids is 1. The van der Waals surface area contributed by atoms with Crippen molar-refractivity contribution in [3.05, 3.63) is 53.6 Å². The number of likely N-dealkylation sites (tertiary alicyclic amines) is 1. The third kappa shape index (κ3) is 3.89. The second-order valence-electron chi connectivity index (χ2n) is 7.12. The molecular weight excluding hydrogens is 404 g/mol. The molecule has 0 atom stereocenters. The topological polar surface area (TPSA) is 84.2 Å². The van der Waals surface area contributed by atoms with Crippen molar-refractivity contribution in [3.8, 4) is 5.75 Å². The molecule has 3 heterocycles. The normalized spacial score (nSPS) is 15.5. The zero-order valence-corrected chi connectivity index (χ0v) is 15.7. The molecule has 0 radical (unpaired) electrons. The van der Waals surface area contributed by atoms with E-state index in [1.807, 2.05) is 0 Å². The molecule has 0 bridgehead atoms. The number of nitrogens with zero attached hydrogens (tertiary/aromatic N) is 2. The van der Waals surface area contributed by atoms with Crippen molar-refractivity contribution in [3.63, 3.8) is 0 Å². The van der Waals surface area contributed by atoms with Gasteiger partial charge in [-0.1, -0.05) is 0 Å². The Bertz CT molecular complexity index is 1090. The average molecular weight is 422 g/mol. The van der Waals surface area contributed by atoms with Gasteiger partial charge in [-0.2, -0.15) is 0 Å². The van der Waals surface area contributed by atoms with Crippen molar-refractivity contribution in [2.24, 2.45) is 0 Å². The van der Waals surface area contributed by atoms with Gasteiger partial charge in [0.2, 0.25) is 0 Å². The molecule has 1 aromatic carbocycles. The number of hydrogen-bond donors (Lipinski definition) is 2. The van der Waals surface area contributed by atoms with E-state index in [2.05, 4.69) is 14.7 Å². The molecule has 1 saturated heterocycles. The van der Waals surface area contributed by atoms with Crippen LogP contribution >= 0.6 is 0 Å². The van der Waals surface area contributed by atoms with Crippen molar-refractivity contribution in [1.29, 1.82) is 0 Å². The number of nitrogens with one attached hydrogen (secondary N) is 1. The Morgan fingerprint density at radius 1 is 1.23 bits per heavy atom. The number of anilines is 1. The molecule has 158 valence electrons. The third-order valence-electron chi connectivity index (χ3n) is 5.26. The maximum Gasteiger partial charge on any atom is 0.573 e. The van der Waals surface area contributed by atoms with E-state index >= 15 is 0 Å². The first-order valence-electron chi connectivity index (χ1n) is 9.29. The van der Waals surface area contributed by atoms with Crippen LogP contribution in [0, 0.1) is 5.82 Å². The van der Waals surface area contributed by atoms with Crippen LogP contribution in [-0.4, -0.2) is 40.2 Å². The van der Waals surface area contributed by atoms with Gasteiger partial charge in [-0.15, -0.1) is 13.2 Å². The molecule has 0 saturated carbocycles. The largest absolute Gasteiger partial charge is 0.573 e. The SMILES string of the molecule is Nc1cc(OC(F)(F)F)ccc1C(=O)N1CCC(c2c(F)cnc3[nH]ccc23)CC1. The number of nitrogens with two attached hydrogens (primary N) is 1. The molecule has 30 heavy (non-hydrogen) atoms. The quantitative estimate of drug-likeness (QED) is 0.489. The average Bonchev–Trinajstić information content (AvgIpc) is 3.15. The Labute approximate surface area is 168 Å². The molecule has 1 aliphatic rings. The lowest BCUT2D eigenvalue weighted by atomic mass is 9.87. The van der Waals surface area contributed by atoms with Crippen molar-refractivity contribution in [2.45, 2.75) is 25.1 Å². The number of alkyl halides is 3. The van der Waals surface area contributed by atoms with Crippen LogP contribution in [0.2, 0.25) is 0 Å². The van der Waals surface area contributed by atoms with E-state index in [0.717, 1.165) is 17.5 Å². The zero-order chi connectivity index (χ0) is 21.5. The summed E-state index contributed by atoms with van der Waals surface area (Å²) in [7, 11) is 0. The van der Waals surface area contributed by atoms with E-state index in [0.29, 0.717) is 37.1 Å². The fraction of sp³-hybridized carbons (Fsp3) is 0.300. The molecule has 1 fully saturated rings. The summed E-state index contributed by atoms with van der Waals surface area (Å²) < 4.78 is 55.3. The standard InChI is InChI=1S/C20H18F4N4O2/c21-15-10-27-18-14(3-6-26-18)17(15)11-4-7-28(8-5-11)19(29)13-2-1-12(9-16(13)25)30-20(22,23)24/h1-3,6,9-11H,4-5,7-8,25H2,(H,26,27). The number of ether oxygens (including phenoxy) is 1. The van der Waals surface area contributed by atoms with Gasteiger partial charge in [0.15, 0.2) is 0 Å². The summed E-state index contributed by atoms with van der Waals surface area (Å²) >= 11 is 0. The lowest BCUT2D eigenvalue weighted by molar-refractivity contribution is -0.274. The van der Waals surface area contributed by atoms with Crippen LogP contribution < -0.4 is 10.5 Å². The first-order valence-corrected chi connectivity index (χ1v) is 9.29. The number of halogens is 4. The lowest BCUT2D eigenvalue weighted by Crippen LogP contribution is -2.38. The number of fused-ring (bicyclic) bond motifs is 1. The fourth-order valence-corrected chi connectivity index (χ4v) is 3.89. The van der Waals surface area contributed by atoms with Gasteiger partial charge in [0, 0.05) is 42.0 Å². The molecule has 0 aliphatic carbocycles. The van der Waals surface area contributed by atoms with E-state index < -0.39 is 12.1 Å². The molecule has 1 amide bonds. The minimum absolute atomic E-state index is 0.0738. The predicted octanol–water partition coefficient (Wildman–Crippen LogP) is 4.20. The molecule has 4 rings (SSSR count). The Hall–Kier alpha value is -3.30. The predicted molar refractivity (Wildman–Crippen MR) is 101 cm³/mol. The van der Waals surface area contributed by atoms with Gasteiger partial charge in [-0.3, -0.25) is 4.79 Å². The summed E-state index contributed by atoms with van der Waals surface area (Å²) in [5.41, 5.74) is 6.98. The monoisotopic (exact) mass is 422 g/mol. The van der Waals surface area contributed by atoms with Gasteiger partial charge in [0.1, 0.15) is 17.2 Å². The fourth-order valence-electron chi connectivity index (χ4n) is 3.89. The smallest absolute Gasteiger partial charge is 0.406 e. The molecule has 2 aromatic heterocycles. The number of nitrogen functional groups attached to an aromatic ring is 1. The molecule has 0 unspecified atom stereocenters. The van der Waals surface area contributed by atoms with Gasteiger partial charge in [0.05, 0.1) is 11.8 Å². The van der Waals surface area contributed by atoms with E-state index in [4.69, 9.17) is 5.73 Å². The van der Waals surface area contributed by atoms with E-state index in [-0.39, 0.29) is 28.9 Å². The van der Waals surface area contributed by atoms with E-state index in [9.17, 15) is 22.4 Å². The number of hydrogen-bond acceptors (Lipinski definition) is 4. The van der Waals surface area contributed by atoms with Gasteiger partial charge in [-0.05, 0) is 37.0 Å². The Kier molecular flexibility index (Phi) is 5.00. The molecular formula is C20H18F4N4O2. The molecule has 10 heteroatoms. The minimum atomic E-state index is -4.84. The second kappa shape index (κ2) is 7.51. The summed E-state index contributed by atoms with van der Waals surface area (Å²) in [6.45, 7) is 0.745. The maximum atomic E-state index is 14.4. The van der Waals surface area contributed by atoms with Crippen LogP contribution in [0.1, 0.15) is 34.7 Å². The van der Waals surface area contributed by atoms with E-state index in [1.165, 1.54) is 12.3 Å². The number of carbonyl (C=O) groups is 1. The van der Waals surface area contributed by atoms with Crippen molar-refractivity contribution in [2.75, 3.05) is 18.8 Å². The van der Waals surface area contributed by atoms with Gasteiger partial charge >= 0.3 is 6.36 Å². The summed E-state index contributed by atoms with van der Waals surface area (Å²) in [5, 5.41) is 0.726. The van der Waals surface area contributed by atoms with Crippen LogP contribution in [-0.2, 0) is 0 Å². The Morgan fingerprint density at radius 2 is 1.97 bits per heavy atom. The number of aromatic amines is 1. The summed E-state index contributed by atoms with van der Waals surface area (Å²) in [6, 6.07) is 5.03. The molecule has 1 aliphatic heterocycles. The molecule has 3 N–H and O–H groups in total. The second-order valence-corrected chi connectivity index (χ2v) is 7.12. The highest BCUT2D eigenvalue weighted by atomic mass is 19.4. The first kappa shape index (κ1) is 20.0. The van der Waals surface area contributed by atoms with Crippen LogP contribution in [0.4, 0.5) is 23.2 Å². The van der Waals surface area contributed by atoms with Crippen molar-refractivity contribution >= 4 is 22.6 Å². The van der Waals surface area contributed by atoms with Crippen LogP contribution in [0.3, 0.4) is 0 Å².